The Hall–Kier alpha value is -4.48. The minimum atomic E-state index is -1.93. The van der Waals surface area contributed by atoms with Crippen LogP contribution in [0.15, 0.2) is 4.99 Å². The molecule has 0 radical (unpaired) electrons. The molecule has 0 aliphatic rings. The number of aliphatic imine (C=N–C) groups is 1. The summed E-state index contributed by atoms with van der Waals surface area (Å²) in [6.45, 7) is 0.166. The van der Waals surface area contributed by atoms with E-state index in [1.165, 1.54) is 0 Å². The number of carbonyl (C=O) groups is 7. The number of guanidine groups is 1. The Morgan fingerprint density at radius 3 is 1.58 bits per heavy atom. The number of carboxylic acids is 3. The van der Waals surface area contributed by atoms with Gasteiger partial charge in [-0.25, -0.2) is 4.79 Å². The first-order valence-corrected chi connectivity index (χ1v) is 10.3. The largest absolute Gasteiger partial charge is 0.481 e. The van der Waals surface area contributed by atoms with Crippen LogP contribution in [0.1, 0.15) is 32.1 Å². The average Bonchev–Trinajstić information content (AvgIpc) is 2.73. The average molecular weight is 518 g/mol. The van der Waals surface area contributed by atoms with Crippen LogP contribution in [0.5, 0.6) is 0 Å². The summed E-state index contributed by atoms with van der Waals surface area (Å²) in [4.78, 5) is 85.6. The van der Waals surface area contributed by atoms with E-state index in [0.717, 1.165) is 0 Å². The predicted octanol–water partition coefficient (Wildman–Crippen LogP) is -5.27. The van der Waals surface area contributed by atoms with Crippen molar-refractivity contribution in [2.24, 2.45) is 27.9 Å². The van der Waals surface area contributed by atoms with E-state index in [-0.39, 0.29) is 18.9 Å². The highest BCUT2D eigenvalue weighted by Crippen LogP contribution is 2.03. The maximum atomic E-state index is 12.7. The molecule has 0 spiro atoms. The van der Waals surface area contributed by atoms with Crippen LogP contribution in [0.25, 0.3) is 0 Å². The van der Waals surface area contributed by atoms with Crippen molar-refractivity contribution in [1.82, 2.24) is 16.0 Å². The molecule has 0 heterocycles. The lowest BCUT2D eigenvalue weighted by atomic mass is 10.1. The van der Waals surface area contributed by atoms with Crippen LogP contribution in [0.3, 0.4) is 0 Å². The van der Waals surface area contributed by atoms with Gasteiger partial charge in [0.05, 0.1) is 25.3 Å². The van der Waals surface area contributed by atoms with E-state index in [9.17, 15) is 33.6 Å². The molecule has 14 N–H and O–H groups in total. The molecule has 4 atom stereocenters. The second kappa shape index (κ2) is 15.4. The number of amides is 4. The second-order valence-corrected chi connectivity index (χ2v) is 7.44. The molecule has 4 amide bonds. The molecule has 0 rings (SSSR count). The lowest BCUT2D eigenvalue weighted by Gasteiger charge is -2.23. The van der Waals surface area contributed by atoms with Gasteiger partial charge < -0.3 is 54.2 Å². The third-order valence-corrected chi connectivity index (χ3v) is 4.35. The van der Waals surface area contributed by atoms with E-state index in [1.54, 1.807) is 0 Å². The lowest BCUT2D eigenvalue weighted by molar-refractivity contribution is -0.148. The monoisotopic (exact) mass is 518 g/mol. The molecular weight excluding hydrogens is 488 g/mol. The van der Waals surface area contributed by atoms with Crippen molar-refractivity contribution in [1.29, 1.82) is 0 Å². The number of hydrogen-bond donors (Lipinski definition) is 10. The third kappa shape index (κ3) is 13.3. The summed E-state index contributed by atoms with van der Waals surface area (Å²) in [6, 6.07) is -6.66. The fourth-order valence-electron chi connectivity index (χ4n) is 2.64. The van der Waals surface area contributed by atoms with Crippen molar-refractivity contribution in [3.05, 3.63) is 0 Å². The Kier molecular flexibility index (Phi) is 13.5. The molecular formula is C18H30N8O10. The van der Waals surface area contributed by atoms with Crippen LogP contribution in [0.2, 0.25) is 0 Å². The Balaban J connectivity index is 5.46. The normalized spacial score (nSPS) is 13.7. The summed E-state index contributed by atoms with van der Waals surface area (Å²) in [7, 11) is 0. The highest BCUT2D eigenvalue weighted by molar-refractivity contribution is 5.97. The summed E-state index contributed by atoms with van der Waals surface area (Å²) in [5.41, 5.74) is 21.2. The van der Waals surface area contributed by atoms with Gasteiger partial charge in [-0.2, -0.15) is 0 Å². The highest BCUT2D eigenvalue weighted by Gasteiger charge is 2.32. The summed E-state index contributed by atoms with van der Waals surface area (Å²) in [5, 5.41) is 32.8. The van der Waals surface area contributed by atoms with Crippen molar-refractivity contribution < 1.29 is 48.9 Å². The molecule has 0 fully saturated rings. The van der Waals surface area contributed by atoms with Gasteiger partial charge in [-0.05, 0) is 12.8 Å². The van der Waals surface area contributed by atoms with Gasteiger partial charge in [-0.15, -0.1) is 0 Å². The molecule has 0 bridgehead atoms. The van der Waals surface area contributed by atoms with Crippen molar-refractivity contribution in [3.63, 3.8) is 0 Å². The Morgan fingerprint density at radius 1 is 0.694 bits per heavy atom. The zero-order chi connectivity index (χ0) is 28.0. The minimum Gasteiger partial charge on any atom is -0.481 e. The van der Waals surface area contributed by atoms with Crippen LogP contribution < -0.4 is 38.9 Å². The number of primary amides is 1. The van der Waals surface area contributed by atoms with E-state index in [2.05, 4.69) is 10.3 Å². The van der Waals surface area contributed by atoms with E-state index >= 15 is 0 Å². The zero-order valence-corrected chi connectivity index (χ0v) is 19.0. The van der Waals surface area contributed by atoms with Crippen molar-refractivity contribution in [3.8, 4) is 0 Å². The van der Waals surface area contributed by atoms with Crippen LogP contribution in [-0.2, 0) is 33.6 Å². The Morgan fingerprint density at radius 2 is 1.14 bits per heavy atom. The summed E-state index contributed by atoms with van der Waals surface area (Å²) in [5.74, 6) is -9.50. The van der Waals surface area contributed by atoms with Crippen LogP contribution in [0.4, 0.5) is 0 Å². The van der Waals surface area contributed by atoms with Crippen molar-refractivity contribution >= 4 is 47.5 Å². The van der Waals surface area contributed by atoms with Gasteiger partial charge in [-0.1, -0.05) is 0 Å². The van der Waals surface area contributed by atoms with Crippen LogP contribution >= 0.6 is 0 Å². The van der Waals surface area contributed by atoms with Crippen molar-refractivity contribution in [2.75, 3.05) is 6.54 Å². The third-order valence-electron chi connectivity index (χ3n) is 4.35. The molecule has 202 valence electrons. The van der Waals surface area contributed by atoms with Crippen LogP contribution in [-0.4, -0.2) is 93.5 Å². The first-order valence-electron chi connectivity index (χ1n) is 10.3. The zero-order valence-electron chi connectivity index (χ0n) is 19.0. The van der Waals surface area contributed by atoms with Gasteiger partial charge in [-0.3, -0.25) is 33.8 Å². The molecule has 0 aromatic heterocycles. The molecule has 0 aliphatic heterocycles. The number of nitrogens with one attached hydrogen (secondary N) is 3. The number of hydrogen-bond acceptors (Lipinski definition) is 9. The first-order chi connectivity index (χ1) is 16.6. The molecule has 18 nitrogen and oxygen atoms in total. The lowest BCUT2D eigenvalue weighted by Crippen LogP contribution is -2.58. The SMILES string of the molecule is NC(=O)CC(NC(=O)C(N)CCCN=C(N)N)C(=O)NC(CC(=O)O)C(=O)NC(CC(=O)O)C(=O)O. The highest BCUT2D eigenvalue weighted by atomic mass is 16.4. The molecule has 0 aliphatic carbocycles. The summed E-state index contributed by atoms with van der Waals surface area (Å²) >= 11 is 0. The van der Waals surface area contributed by atoms with Gasteiger partial charge >= 0.3 is 17.9 Å². The number of nitrogens with zero attached hydrogens (tertiary/aromatic N) is 1. The minimum absolute atomic E-state index is 0.0811. The van der Waals surface area contributed by atoms with Crippen LogP contribution in [0, 0.1) is 0 Å². The maximum absolute atomic E-state index is 12.7. The molecule has 36 heavy (non-hydrogen) atoms. The number of carboxylic acid groups (broad SMARTS) is 3. The van der Waals surface area contributed by atoms with Gasteiger partial charge in [0.2, 0.25) is 23.6 Å². The number of aliphatic carboxylic acids is 3. The Labute approximate surface area is 203 Å². The number of rotatable bonds is 17. The molecule has 0 saturated carbocycles. The predicted molar refractivity (Wildman–Crippen MR) is 120 cm³/mol. The van der Waals surface area contributed by atoms with Gasteiger partial charge in [0.1, 0.15) is 18.1 Å². The van der Waals surface area contributed by atoms with Crippen molar-refractivity contribution in [2.45, 2.75) is 56.3 Å². The molecule has 0 saturated heterocycles. The molecule has 4 unspecified atom stereocenters. The standard InChI is InChI=1S/C18H30N8O10/c19-7(2-1-3-23-18(21)22)14(32)24-8(4-11(20)27)15(33)25-9(5-12(28)29)16(34)26-10(17(35)36)6-13(30)31/h7-10H,1-6,19H2,(H2,20,27)(H,24,32)(H,25,33)(H,26,34)(H,28,29)(H,30,31)(H,35,36)(H4,21,22,23). The maximum Gasteiger partial charge on any atom is 0.326 e. The first kappa shape index (κ1) is 31.5. The fraction of sp³-hybridized carbons (Fsp3) is 0.556. The summed E-state index contributed by atoms with van der Waals surface area (Å²) in [6.07, 6.45) is -2.45. The van der Waals surface area contributed by atoms with E-state index in [4.69, 9.17) is 38.3 Å². The number of nitrogens with two attached hydrogens (primary N) is 4. The van der Waals surface area contributed by atoms with Gasteiger partial charge in [0, 0.05) is 6.54 Å². The number of carbonyl (C=O) groups excluding carboxylic acids is 4. The van der Waals surface area contributed by atoms with E-state index in [0.29, 0.717) is 6.42 Å². The molecule has 0 aromatic rings. The quantitative estimate of drug-likeness (QED) is 0.0489. The van der Waals surface area contributed by atoms with E-state index < -0.39 is 85.0 Å². The smallest absolute Gasteiger partial charge is 0.326 e. The molecule has 0 aromatic carbocycles. The summed E-state index contributed by atoms with van der Waals surface area (Å²) < 4.78 is 0. The van der Waals surface area contributed by atoms with E-state index in [1.807, 2.05) is 10.6 Å². The van der Waals surface area contributed by atoms with Gasteiger partial charge in [0.25, 0.3) is 0 Å². The molecule has 18 heteroatoms. The fourth-order valence-corrected chi connectivity index (χ4v) is 2.64. The second-order valence-electron chi connectivity index (χ2n) is 7.44. The van der Waals surface area contributed by atoms with Gasteiger partial charge in [0.15, 0.2) is 5.96 Å². The topological polar surface area (TPSA) is 333 Å². The Bertz CT molecular complexity index is 889.